The van der Waals surface area contributed by atoms with Crippen LogP contribution in [0.15, 0.2) is 42.5 Å². The Hall–Kier alpha value is -2.41. The van der Waals surface area contributed by atoms with E-state index in [1.807, 2.05) is 13.0 Å². The second-order valence-corrected chi connectivity index (χ2v) is 7.45. The molecule has 5 nitrogen and oxygen atoms in total. The van der Waals surface area contributed by atoms with Crippen molar-refractivity contribution in [3.8, 4) is 0 Å². The molecule has 0 radical (unpaired) electrons. The third-order valence-corrected chi connectivity index (χ3v) is 4.79. The highest BCUT2D eigenvalue weighted by molar-refractivity contribution is 7.92. The number of carbonyl (C=O) groups is 1. The molecule has 0 aliphatic carbocycles. The standard InChI is InChI=1S/C17H19FN2O3S/c1-12-5-4-6-16(13(12)2)20(24(3,22)23)11-17(21)19-15-9-7-14(18)8-10-15/h4-10H,11H2,1-3H3,(H,19,21). The van der Waals surface area contributed by atoms with Crippen LogP contribution >= 0.6 is 0 Å². The van der Waals surface area contributed by atoms with E-state index in [0.29, 0.717) is 11.4 Å². The number of anilines is 2. The van der Waals surface area contributed by atoms with Gasteiger partial charge in [-0.05, 0) is 55.3 Å². The molecule has 0 fully saturated rings. The third kappa shape index (κ3) is 4.32. The van der Waals surface area contributed by atoms with Crippen molar-refractivity contribution in [3.63, 3.8) is 0 Å². The Morgan fingerprint density at radius 3 is 2.33 bits per heavy atom. The van der Waals surface area contributed by atoms with Crippen molar-refractivity contribution in [2.75, 3.05) is 22.4 Å². The molecular weight excluding hydrogens is 331 g/mol. The molecule has 0 saturated carbocycles. The molecule has 0 spiro atoms. The van der Waals surface area contributed by atoms with Crippen molar-refractivity contribution in [1.29, 1.82) is 0 Å². The average Bonchev–Trinajstić information content (AvgIpc) is 2.49. The molecule has 24 heavy (non-hydrogen) atoms. The zero-order valence-corrected chi connectivity index (χ0v) is 14.5. The summed E-state index contributed by atoms with van der Waals surface area (Å²) < 4.78 is 38.2. The molecule has 7 heteroatoms. The maximum absolute atomic E-state index is 12.9. The molecular formula is C17H19FN2O3S. The lowest BCUT2D eigenvalue weighted by Crippen LogP contribution is -2.38. The monoisotopic (exact) mass is 350 g/mol. The largest absolute Gasteiger partial charge is 0.325 e. The Morgan fingerprint density at radius 1 is 1.12 bits per heavy atom. The van der Waals surface area contributed by atoms with Crippen molar-refractivity contribution >= 4 is 27.3 Å². The summed E-state index contributed by atoms with van der Waals surface area (Å²) >= 11 is 0. The van der Waals surface area contributed by atoms with Gasteiger partial charge in [-0.25, -0.2) is 12.8 Å². The van der Waals surface area contributed by atoms with Crippen molar-refractivity contribution in [3.05, 3.63) is 59.4 Å². The van der Waals surface area contributed by atoms with E-state index in [2.05, 4.69) is 5.32 Å². The number of amides is 1. The molecule has 2 rings (SSSR count). The first kappa shape index (κ1) is 17.9. The molecule has 0 aliphatic rings. The van der Waals surface area contributed by atoms with Gasteiger partial charge in [0, 0.05) is 5.69 Å². The fraction of sp³-hybridized carbons (Fsp3) is 0.235. The van der Waals surface area contributed by atoms with E-state index in [9.17, 15) is 17.6 Å². The second-order valence-electron chi connectivity index (χ2n) is 5.54. The molecule has 128 valence electrons. The predicted molar refractivity (Wildman–Crippen MR) is 93.1 cm³/mol. The van der Waals surface area contributed by atoms with Crippen LogP contribution < -0.4 is 9.62 Å². The van der Waals surface area contributed by atoms with Crippen LogP contribution in [0.1, 0.15) is 11.1 Å². The van der Waals surface area contributed by atoms with Gasteiger partial charge in [-0.2, -0.15) is 0 Å². The summed E-state index contributed by atoms with van der Waals surface area (Å²) in [7, 11) is -3.64. The number of nitrogens with one attached hydrogen (secondary N) is 1. The maximum Gasteiger partial charge on any atom is 0.245 e. The van der Waals surface area contributed by atoms with E-state index >= 15 is 0 Å². The zero-order valence-electron chi connectivity index (χ0n) is 13.7. The Labute approximate surface area is 141 Å². The number of aryl methyl sites for hydroxylation is 1. The van der Waals surface area contributed by atoms with Gasteiger partial charge in [0.15, 0.2) is 0 Å². The van der Waals surface area contributed by atoms with E-state index in [1.165, 1.54) is 24.3 Å². The number of sulfonamides is 1. The van der Waals surface area contributed by atoms with Gasteiger partial charge in [0.25, 0.3) is 0 Å². The van der Waals surface area contributed by atoms with Gasteiger partial charge >= 0.3 is 0 Å². The van der Waals surface area contributed by atoms with Crippen LogP contribution in [0.5, 0.6) is 0 Å². The Kier molecular flexibility index (Phi) is 5.23. The fourth-order valence-corrected chi connectivity index (χ4v) is 3.16. The molecule has 0 saturated heterocycles. The molecule has 0 atom stereocenters. The number of halogens is 1. The molecule has 1 N–H and O–H groups in total. The van der Waals surface area contributed by atoms with Crippen LogP contribution in [0.25, 0.3) is 0 Å². The first-order chi connectivity index (χ1) is 11.2. The Morgan fingerprint density at radius 2 is 1.75 bits per heavy atom. The van der Waals surface area contributed by atoms with Crippen LogP contribution in [0.3, 0.4) is 0 Å². The molecule has 2 aromatic carbocycles. The van der Waals surface area contributed by atoms with Gasteiger partial charge in [-0.3, -0.25) is 9.10 Å². The summed E-state index contributed by atoms with van der Waals surface area (Å²) in [5.74, 6) is -0.922. The van der Waals surface area contributed by atoms with Crippen LogP contribution in [0, 0.1) is 19.7 Å². The van der Waals surface area contributed by atoms with Crippen LogP contribution in [-0.4, -0.2) is 27.1 Å². The average molecular weight is 350 g/mol. The highest BCUT2D eigenvalue weighted by atomic mass is 32.2. The first-order valence-electron chi connectivity index (χ1n) is 7.28. The van der Waals surface area contributed by atoms with Gasteiger partial charge in [0.05, 0.1) is 11.9 Å². The van der Waals surface area contributed by atoms with Crippen molar-refractivity contribution in [2.45, 2.75) is 13.8 Å². The smallest absolute Gasteiger partial charge is 0.245 e. The van der Waals surface area contributed by atoms with Crippen LogP contribution in [0.2, 0.25) is 0 Å². The van der Waals surface area contributed by atoms with Crippen LogP contribution in [-0.2, 0) is 14.8 Å². The van der Waals surface area contributed by atoms with Crippen molar-refractivity contribution in [1.82, 2.24) is 0 Å². The summed E-state index contributed by atoms with van der Waals surface area (Å²) in [6, 6.07) is 10.5. The molecule has 0 aliphatic heterocycles. The molecule has 0 aromatic heterocycles. The number of hydrogen-bond donors (Lipinski definition) is 1. The van der Waals surface area contributed by atoms with E-state index < -0.39 is 21.7 Å². The van der Waals surface area contributed by atoms with E-state index in [-0.39, 0.29) is 6.54 Å². The highest BCUT2D eigenvalue weighted by Crippen LogP contribution is 2.24. The molecule has 0 heterocycles. The first-order valence-corrected chi connectivity index (χ1v) is 9.12. The van der Waals surface area contributed by atoms with E-state index in [1.54, 1.807) is 19.1 Å². The van der Waals surface area contributed by atoms with Crippen molar-refractivity contribution < 1.29 is 17.6 Å². The summed E-state index contributed by atoms with van der Waals surface area (Å²) in [5, 5.41) is 2.56. The van der Waals surface area contributed by atoms with E-state index in [4.69, 9.17) is 0 Å². The Bertz CT molecular complexity index is 849. The zero-order chi connectivity index (χ0) is 17.9. The third-order valence-electron chi connectivity index (χ3n) is 3.66. The summed E-state index contributed by atoms with van der Waals surface area (Å²) in [6.07, 6.45) is 1.06. The number of hydrogen-bond acceptors (Lipinski definition) is 3. The minimum atomic E-state index is -3.64. The molecule has 0 bridgehead atoms. The van der Waals surface area contributed by atoms with Gasteiger partial charge in [0.2, 0.25) is 15.9 Å². The van der Waals surface area contributed by atoms with Gasteiger partial charge in [-0.15, -0.1) is 0 Å². The number of carbonyl (C=O) groups excluding carboxylic acids is 1. The summed E-state index contributed by atoms with van der Waals surface area (Å²) in [6.45, 7) is 3.32. The van der Waals surface area contributed by atoms with Gasteiger partial charge in [-0.1, -0.05) is 12.1 Å². The van der Waals surface area contributed by atoms with Crippen molar-refractivity contribution in [2.24, 2.45) is 0 Å². The SMILES string of the molecule is Cc1cccc(N(CC(=O)Nc2ccc(F)cc2)S(C)(=O)=O)c1C. The van der Waals surface area contributed by atoms with Gasteiger partial charge in [0.1, 0.15) is 12.4 Å². The lowest BCUT2D eigenvalue weighted by Gasteiger charge is -2.24. The predicted octanol–water partition coefficient (Wildman–Crippen LogP) is 2.85. The lowest BCUT2D eigenvalue weighted by atomic mass is 10.1. The number of benzene rings is 2. The molecule has 2 aromatic rings. The summed E-state index contributed by atoms with van der Waals surface area (Å²) in [5.41, 5.74) is 2.58. The quantitative estimate of drug-likeness (QED) is 0.902. The Balaban J connectivity index is 2.25. The highest BCUT2D eigenvalue weighted by Gasteiger charge is 2.22. The fourth-order valence-electron chi connectivity index (χ4n) is 2.25. The summed E-state index contributed by atoms with van der Waals surface area (Å²) in [4.78, 5) is 12.2. The minimum Gasteiger partial charge on any atom is -0.325 e. The number of nitrogens with zero attached hydrogens (tertiary/aromatic N) is 1. The molecule has 1 amide bonds. The topological polar surface area (TPSA) is 66.5 Å². The second kappa shape index (κ2) is 7.00. The lowest BCUT2D eigenvalue weighted by molar-refractivity contribution is -0.114. The van der Waals surface area contributed by atoms with Crippen LogP contribution in [0.4, 0.5) is 15.8 Å². The number of rotatable bonds is 5. The van der Waals surface area contributed by atoms with Gasteiger partial charge < -0.3 is 5.32 Å². The normalized spacial score (nSPS) is 11.2. The minimum absolute atomic E-state index is 0.361. The maximum atomic E-state index is 12.9. The molecule has 0 unspecified atom stereocenters. The van der Waals surface area contributed by atoms with E-state index in [0.717, 1.165) is 21.7 Å².